The van der Waals surface area contributed by atoms with Gasteiger partial charge in [0.2, 0.25) is 5.95 Å². The van der Waals surface area contributed by atoms with Crippen molar-refractivity contribution >= 4 is 45.9 Å². The third kappa shape index (κ3) is 6.95. The quantitative estimate of drug-likeness (QED) is 0.273. The summed E-state index contributed by atoms with van der Waals surface area (Å²) in [5.74, 6) is 1.24. The maximum Gasteiger partial charge on any atom is 0.259 e. The number of rotatable bonds is 10. The molecule has 0 spiro atoms. The Hall–Kier alpha value is -4.08. The first-order valence-corrected chi connectivity index (χ1v) is 12.0. The SMILES string of the molecule is CN(c1ccc(CC(=O)Cc2ccccc2)cc1)c1ccnc(Nc2cccc(NS(=O)O)c2)n1. The highest BCUT2D eigenvalue weighted by Gasteiger charge is 2.10. The minimum atomic E-state index is -2.15. The molecule has 0 radical (unpaired) electrons. The normalized spacial score (nSPS) is 11.5. The van der Waals surface area contributed by atoms with Crippen LogP contribution in [0.15, 0.2) is 91.1 Å². The first kappa shape index (κ1) is 24.1. The molecule has 3 aromatic carbocycles. The zero-order valence-electron chi connectivity index (χ0n) is 19.1. The van der Waals surface area contributed by atoms with E-state index in [1.165, 1.54) is 0 Å². The molecule has 8 nitrogen and oxygen atoms in total. The van der Waals surface area contributed by atoms with Crippen LogP contribution in [0.5, 0.6) is 0 Å². The van der Waals surface area contributed by atoms with Crippen molar-refractivity contribution in [1.29, 1.82) is 0 Å². The van der Waals surface area contributed by atoms with Crippen LogP contribution in [0.25, 0.3) is 0 Å². The third-order valence-electron chi connectivity index (χ3n) is 5.28. The van der Waals surface area contributed by atoms with E-state index in [0.29, 0.717) is 36.0 Å². The van der Waals surface area contributed by atoms with E-state index >= 15 is 0 Å². The number of nitrogens with one attached hydrogen (secondary N) is 2. The van der Waals surface area contributed by atoms with Crippen molar-refractivity contribution in [2.24, 2.45) is 0 Å². The Labute approximate surface area is 206 Å². The molecule has 0 aliphatic heterocycles. The molecule has 1 heterocycles. The van der Waals surface area contributed by atoms with Crippen molar-refractivity contribution in [1.82, 2.24) is 9.97 Å². The molecule has 178 valence electrons. The molecule has 9 heteroatoms. The summed E-state index contributed by atoms with van der Waals surface area (Å²) in [6.45, 7) is 0. The number of hydrogen-bond acceptors (Lipinski definition) is 6. The number of Topliss-reactive ketones (excluding diaryl/α,β-unsaturated/α-hetero) is 1. The molecule has 35 heavy (non-hydrogen) atoms. The number of hydrogen-bond donors (Lipinski definition) is 3. The summed E-state index contributed by atoms with van der Waals surface area (Å²) in [7, 11) is 1.91. The second kappa shape index (κ2) is 11.4. The average molecular weight is 488 g/mol. The fraction of sp³-hybridized carbons (Fsp3) is 0.115. The van der Waals surface area contributed by atoms with Crippen LogP contribution in [0.2, 0.25) is 0 Å². The van der Waals surface area contributed by atoms with Gasteiger partial charge < -0.3 is 10.2 Å². The Morgan fingerprint density at radius 1 is 0.914 bits per heavy atom. The van der Waals surface area contributed by atoms with Crippen molar-refractivity contribution in [3.8, 4) is 0 Å². The molecule has 1 aromatic heterocycles. The molecule has 1 unspecified atom stereocenters. The highest BCUT2D eigenvalue weighted by atomic mass is 32.2. The fourth-order valence-electron chi connectivity index (χ4n) is 3.57. The standard InChI is InChI=1S/C26H25N5O3S/c1-31(23-12-10-20(11-13-23)17-24(32)16-19-6-3-2-4-7-19)25-14-15-27-26(29-25)28-21-8-5-9-22(18-21)30-35(33)34/h2-15,18,30H,16-17H2,1H3,(H,33,34)(H,27,28,29). The minimum absolute atomic E-state index is 0.174. The summed E-state index contributed by atoms with van der Waals surface area (Å²) in [5.41, 5.74) is 4.07. The number of benzene rings is 3. The summed E-state index contributed by atoms with van der Waals surface area (Å²) in [5, 5.41) is 3.11. The van der Waals surface area contributed by atoms with Crippen LogP contribution < -0.4 is 14.9 Å². The molecule has 4 rings (SSSR count). The van der Waals surface area contributed by atoms with Crippen molar-refractivity contribution < 1.29 is 13.6 Å². The maximum atomic E-state index is 12.4. The van der Waals surface area contributed by atoms with E-state index in [1.54, 1.807) is 30.5 Å². The lowest BCUT2D eigenvalue weighted by atomic mass is 10.0. The van der Waals surface area contributed by atoms with Crippen molar-refractivity contribution in [3.63, 3.8) is 0 Å². The highest BCUT2D eigenvalue weighted by molar-refractivity contribution is 7.80. The van der Waals surface area contributed by atoms with Gasteiger partial charge in [-0.2, -0.15) is 4.98 Å². The molecule has 0 aliphatic rings. The van der Waals surface area contributed by atoms with Crippen LogP contribution in [0, 0.1) is 0 Å². The molecule has 1 atom stereocenters. The number of ketones is 1. The smallest absolute Gasteiger partial charge is 0.259 e. The predicted octanol–water partition coefficient (Wildman–Crippen LogP) is 4.89. The number of nitrogens with zero attached hydrogens (tertiary/aromatic N) is 3. The van der Waals surface area contributed by atoms with Gasteiger partial charge in [0.1, 0.15) is 11.6 Å². The predicted molar refractivity (Wildman–Crippen MR) is 140 cm³/mol. The lowest BCUT2D eigenvalue weighted by Crippen LogP contribution is -2.13. The number of aromatic nitrogens is 2. The van der Waals surface area contributed by atoms with Crippen molar-refractivity contribution in [3.05, 3.63) is 102 Å². The van der Waals surface area contributed by atoms with Crippen LogP contribution in [-0.4, -0.2) is 31.6 Å². The first-order chi connectivity index (χ1) is 17.0. The summed E-state index contributed by atoms with van der Waals surface area (Å²) in [6.07, 6.45) is 2.47. The van der Waals surface area contributed by atoms with E-state index in [9.17, 15) is 9.00 Å². The molecular weight excluding hydrogens is 462 g/mol. The van der Waals surface area contributed by atoms with Crippen LogP contribution in [0.1, 0.15) is 11.1 Å². The molecule has 4 aromatic rings. The second-order valence-electron chi connectivity index (χ2n) is 7.90. The average Bonchev–Trinajstić information content (AvgIpc) is 2.85. The van der Waals surface area contributed by atoms with E-state index in [4.69, 9.17) is 4.55 Å². The molecule has 0 bridgehead atoms. The van der Waals surface area contributed by atoms with Crippen molar-refractivity contribution in [2.45, 2.75) is 12.8 Å². The van der Waals surface area contributed by atoms with Gasteiger partial charge in [0.15, 0.2) is 0 Å². The van der Waals surface area contributed by atoms with E-state index in [-0.39, 0.29) is 5.78 Å². The Morgan fingerprint density at radius 2 is 1.60 bits per heavy atom. The Balaban J connectivity index is 1.40. The molecule has 0 saturated heterocycles. The zero-order chi connectivity index (χ0) is 24.6. The highest BCUT2D eigenvalue weighted by Crippen LogP contribution is 2.24. The lowest BCUT2D eigenvalue weighted by Gasteiger charge is -2.19. The van der Waals surface area contributed by atoms with Gasteiger partial charge in [-0.3, -0.25) is 14.1 Å². The Kier molecular flexibility index (Phi) is 7.81. The summed E-state index contributed by atoms with van der Waals surface area (Å²) in [4.78, 5) is 23.2. The van der Waals surface area contributed by atoms with Gasteiger partial charge in [0, 0.05) is 37.5 Å². The molecule has 3 N–H and O–H groups in total. The van der Waals surface area contributed by atoms with Gasteiger partial charge in [-0.05, 0) is 47.5 Å². The summed E-state index contributed by atoms with van der Waals surface area (Å²) in [6, 6.07) is 26.3. The van der Waals surface area contributed by atoms with Crippen LogP contribution >= 0.6 is 0 Å². The van der Waals surface area contributed by atoms with E-state index in [0.717, 1.165) is 16.8 Å². The number of carbonyl (C=O) groups is 1. The number of anilines is 5. The largest absolute Gasteiger partial charge is 0.329 e. The first-order valence-electron chi connectivity index (χ1n) is 10.9. The molecular formula is C26H25N5O3S. The summed E-state index contributed by atoms with van der Waals surface area (Å²) >= 11 is -2.15. The van der Waals surface area contributed by atoms with Crippen LogP contribution in [-0.2, 0) is 28.9 Å². The fourth-order valence-corrected chi connectivity index (χ4v) is 3.90. The summed E-state index contributed by atoms with van der Waals surface area (Å²) < 4.78 is 22.4. The third-order valence-corrected chi connectivity index (χ3v) is 5.69. The topological polar surface area (TPSA) is 107 Å². The van der Waals surface area contributed by atoms with Gasteiger partial charge >= 0.3 is 0 Å². The van der Waals surface area contributed by atoms with Crippen LogP contribution in [0.3, 0.4) is 0 Å². The second-order valence-corrected chi connectivity index (χ2v) is 8.60. The van der Waals surface area contributed by atoms with E-state index in [1.807, 2.05) is 72.6 Å². The molecule has 0 amide bonds. The van der Waals surface area contributed by atoms with Crippen molar-refractivity contribution in [2.75, 3.05) is 22.0 Å². The Morgan fingerprint density at radius 3 is 2.31 bits per heavy atom. The molecule has 0 fully saturated rings. The molecule has 0 saturated carbocycles. The maximum absolute atomic E-state index is 12.4. The molecule has 0 aliphatic carbocycles. The zero-order valence-corrected chi connectivity index (χ0v) is 19.9. The van der Waals surface area contributed by atoms with Gasteiger partial charge in [-0.25, -0.2) is 9.19 Å². The monoisotopic (exact) mass is 487 g/mol. The van der Waals surface area contributed by atoms with Gasteiger partial charge in [0.05, 0.1) is 5.69 Å². The number of carbonyl (C=O) groups excluding carboxylic acids is 1. The van der Waals surface area contributed by atoms with Gasteiger partial charge in [-0.15, -0.1) is 0 Å². The van der Waals surface area contributed by atoms with Crippen LogP contribution in [0.4, 0.5) is 28.8 Å². The van der Waals surface area contributed by atoms with Gasteiger partial charge in [-0.1, -0.05) is 48.5 Å². The van der Waals surface area contributed by atoms with E-state index in [2.05, 4.69) is 20.0 Å². The minimum Gasteiger partial charge on any atom is -0.329 e. The Bertz CT molecular complexity index is 1320. The van der Waals surface area contributed by atoms with Gasteiger partial charge in [0.25, 0.3) is 11.3 Å². The lowest BCUT2D eigenvalue weighted by molar-refractivity contribution is -0.117. The van der Waals surface area contributed by atoms with E-state index < -0.39 is 11.3 Å².